The molecule has 0 aliphatic carbocycles. The zero-order valence-electron chi connectivity index (χ0n) is 18.2. The van der Waals surface area contributed by atoms with Gasteiger partial charge in [0.05, 0.1) is 37.0 Å². The third-order valence-corrected chi connectivity index (χ3v) is 5.80. The number of carbonyl (C=O) groups excluding carboxylic acids is 1. The first-order chi connectivity index (χ1) is 15.1. The van der Waals surface area contributed by atoms with E-state index in [4.69, 9.17) is 14.5 Å². The molecule has 164 valence electrons. The summed E-state index contributed by atoms with van der Waals surface area (Å²) in [6.07, 6.45) is 0.959. The van der Waals surface area contributed by atoms with Crippen molar-refractivity contribution in [1.29, 1.82) is 0 Å². The van der Waals surface area contributed by atoms with Crippen LogP contribution in [0.15, 0.2) is 42.5 Å². The highest BCUT2D eigenvalue weighted by Gasteiger charge is 2.25. The summed E-state index contributed by atoms with van der Waals surface area (Å²) in [6, 6.07) is 13.2. The smallest absolute Gasteiger partial charge is 0.241 e. The Morgan fingerprint density at radius 2 is 1.94 bits per heavy atom. The van der Waals surface area contributed by atoms with Crippen molar-refractivity contribution in [3.8, 4) is 11.5 Å². The number of para-hydroxylation sites is 2. The van der Waals surface area contributed by atoms with Crippen LogP contribution in [0.25, 0.3) is 11.0 Å². The predicted molar refractivity (Wildman–Crippen MR) is 122 cm³/mol. The molecule has 1 atom stereocenters. The van der Waals surface area contributed by atoms with Crippen molar-refractivity contribution in [2.24, 2.45) is 0 Å². The number of fused-ring (bicyclic) bond motifs is 1. The zero-order valence-corrected chi connectivity index (χ0v) is 18.2. The van der Waals surface area contributed by atoms with Gasteiger partial charge < -0.3 is 24.7 Å². The number of aromatic amines is 1. The monoisotopic (exact) mass is 423 g/mol. The van der Waals surface area contributed by atoms with E-state index in [2.05, 4.69) is 20.1 Å². The SMILES string of the molecule is COc1ccc(NC(=O)C(C)N2CCCN(c3nc4ccccc4[nH]3)CC2)c(OC)c1. The van der Waals surface area contributed by atoms with Crippen LogP contribution in [0, 0.1) is 0 Å². The number of nitrogens with zero attached hydrogens (tertiary/aromatic N) is 3. The molecule has 0 spiro atoms. The van der Waals surface area contributed by atoms with Gasteiger partial charge in [0.15, 0.2) is 0 Å². The lowest BCUT2D eigenvalue weighted by Gasteiger charge is -2.27. The number of nitrogens with one attached hydrogen (secondary N) is 2. The normalized spacial score (nSPS) is 16.0. The minimum absolute atomic E-state index is 0.0550. The summed E-state index contributed by atoms with van der Waals surface area (Å²) < 4.78 is 10.6. The first-order valence-corrected chi connectivity index (χ1v) is 10.6. The third-order valence-electron chi connectivity index (χ3n) is 5.80. The van der Waals surface area contributed by atoms with Gasteiger partial charge in [-0.2, -0.15) is 0 Å². The highest BCUT2D eigenvalue weighted by molar-refractivity contribution is 5.96. The number of anilines is 2. The van der Waals surface area contributed by atoms with E-state index >= 15 is 0 Å². The Balaban J connectivity index is 1.40. The summed E-state index contributed by atoms with van der Waals surface area (Å²) in [4.78, 5) is 25.5. The van der Waals surface area contributed by atoms with Crippen LogP contribution in [0.5, 0.6) is 11.5 Å². The summed E-state index contributed by atoms with van der Waals surface area (Å²) in [6.45, 7) is 5.29. The molecule has 1 saturated heterocycles. The molecule has 2 N–H and O–H groups in total. The number of benzene rings is 2. The van der Waals surface area contributed by atoms with Crippen molar-refractivity contribution in [3.05, 3.63) is 42.5 Å². The molecule has 31 heavy (non-hydrogen) atoms. The number of imidazole rings is 1. The summed E-state index contributed by atoms with van der Waals surface area (Å²) in [5, 5.41) is 3.00. The van der Waals surface area contributed by atoms with Crippen LogP contribution in [0.1, 0.15) is 13.3 Å². The van der Waals surface area contributed by atoms with Gasteiger partial charge in [-0.3, -0.25) is 9.69 Å². The number of aromatic nitrogens is 2. The van der Waals surface area contributed by atoms with Gasteiger partial charge in [0.1, 0.15) is 11.5 Å². The molecule has 8 nitrogen and oxygen atoms in total. The number of rotatable bonds is 6. The van der Waals surface area contributed by atoms with Crippen molar-refractivity contribution < 1.29 is 14.3 Å². The molecule has 2 aromatic carbocycles. The topological polar surface area (TPSA) is 82.7 Å². The van der Waals surface area contributed by atoms with Gasteiger partial charge in [0.25, 0.3) is 0 Å². The summed E-state index contributed by atoms with van der Waals surface area (Å²) in [7, 11) is 3.18. The number of hydrogen-bond donors (Lipinski definition) is 2. The van der Waals surface area contributed by atoms with E-state index < -0.39 is 0 Å². The lowest BCUT2D eigenvalue weighted by atomic mass is 10.2. The minimum Gasteiger partial charge on any atom is -0.497 e. The molecule has 1 amide bonds. The van der Waals surface area contributed by atoms with Crippen molar-refractivity contribution in [1.82, 2.24) is 14.9 Å². The molecule has 1 fully saturated rings. The Kier molecular flexibility index (Phi) is 6.27. The van der Waals surface area contributed by atoms with Gasteiger partial charge in [-0.05, 0) is 37.6 Å². The van der Waals surface area contributed by atoms with E-state index in [1.54, 1.807) is 32.4 Å². The third kappa shape index (κ3) is 4.59. The lowest BCUT2D eigenvalue weighted by molar-refractivity contribution is -0.120. The molecular weight excluding hydrogens is 394 g/mol. The first-order valence-electron chi connectivity index (χ1n) is 10.6. The summed E-state index contributed by atoms with van der Waals surface area (Å²) in [5.74, 6) is 2.09. The van der Waals surface area contributed by atoms with Crippen molar-refractivity contribution >= 4 is 28.6 Å². The van der Waals surface area contributed by atoms with Gasteiger partial charge in [0, 0.05) is 32.2 Å². The van der Waals surface area contributed by atoms with Crippen LogP contribution in [0.2, 0.25) is 0 Å². The molecule has 0 radical (unpaired) electrons. The molecule has 2 heterocycles. The molecule has 1 aliphatic heterocycles. The fourth-order valence-electron chi connectivity index (χ4n) is 3.93. The predicted octanol–water partition coefficient (Wildman–Crippen LogP) is 3.12. The highest BCUT2D eigenvalue weighted by Crippen LogP contribution is 2.29. The van der Waals surface area contributed by atoms with Gasteiger partial charge in [0.2, 0.25) is 11.9 Å². The number of methoxy groups -OCH3 is 2. The second-order valence-electron chi connectivity index (χ2n) is 7.69. The van der Waals surface area contributed by atoms with E-state index in [1.807, 2.05) is 31.2 Å². The average molecular weight is 424 g/mol. The largest absolute Gasteiger partial charge is 0.497 e. The molecule has 1 aliphatic rings. The maximum atomic E-state index is 12.9. The fraction of sp³-hybridized carbons (Fsp3) is 0.391. The van der Waals surface area contributed by atoms with Crippen molar-refractivity contribution in [2.75, 3.05) is 50.6 Å². The first kappa shape index (κ1) is 21.0. The van der Waals surface area contributed by atoms with E-state index in [-0.39, 0.29) is 11.9 Å². The number of H-pyrrole nitrogens is 1. The number of hydrogen-bond acceptors (Lipinski definition) is 6. The van der Waals surface area contributed by atoms with Gasteiger partial charge in [-0.15, -0.1) is 0 Å². The molecule has 8 heteroatoms. The Morgan fingerprint density at radius 1 is 1.10 bits per heavy atom. The maximum absolute atomic E-state index is 12.9. The van der Waals surface area contributed by atoms with Crippen LogP contribution in [-0.4, -0.2) is 67.2 Å². The van der Waals surface area contributed by atoms with E-state index in [0.29, 0.717) is 17.2 Å². The summed E-state index contributed by atoms with van der Waals surface area (Å²) in [5.41, 5.74) is 2.65. The Bertz CT molecular complexity index is 1020. The van der Waals surface area contributed by atoms with Crippen molar-refractivity contribution in [3.63, 3.8) is 0 Å². The molecular formula is C23H29N5O3. The van der Waals surface area contributed by atoms with E-state index in [1.165, 1.54) is 0 Å². The zero-order chi connectivity index (χ0) is 21.8. The molecule has 3 aromatic rings. The van der Waals surface area contributed by atoms with E-state index in [9.17, 15) is 4.79 Å². The van der Waals surface area contributed by atoms with Crippen LogP contribution < -0.4 is 19.7 Å². The molecule has 0 saturated carbocycles. The van der Waals surface area contributed by atoms with Gasteiger partial charge in [-0.1, -0.05) is 12.1 Å². The molecule has 1 unspecified atom stereocenters. The second kappa shape index (κ2) is 9.26. The van der Waals surface area contributed by atoms with Crippen LogP contribution >= 0.6 is 0 Å². The standard InChI is InChI=1S/C23H29N5O3/c1-16(22(29)24-20-10-9-17(30-2)15-21(20)31-3)27-11-6-12-28(14-13-27)23-25-18-7-4-5-8-19(18)26-23/h4-5,7-10,15-16H,6,11-14H2,1-3H3,(H,24,29)(H,25,26). The average Bonchev–Trinajstić information content (AvgIpc) is 3.08. The van der Waals surface area contributed by atoms with Gasteiger partial charge >= 0.3 is 0 Å². The number of ether oxygens (including phenoxy) is 2. The van der Waals surface area contributed by atoms with Gasteiger partial charge in [-0.25, -0.2) is 4.98 Å². The Hall–Kier alpha value is -3.26. The fourth-order valence-corrected chi connectivity index (χ4v) is 3.93. The van der Waals surface area contributed by atoms with Crippen molar-refractivity contribution in [2.45, 2.75) is 19.4 Å². The number of amides is 1. The highest BCUT2D eigenvalue weighted by atomic mass is 16.5. The molecule has 0 bridgehead atoms. The summed E-state index contributed by atoms with van der Waals surface area (Å²) >= 11 is 0. The Morgan fingerprint density at radius 3 is 2.71 bits per heavy atom. The Labute approximate surface area is 182 Å². The quantitative estimate of drug-likeness (QED) is 0.634. The second-order valence-corrected chi connectivity index (χ2v) is 7.69. The lowest BCUT2D eigenvalue weighted by Crippen LogP contribution is -2.44. The van der Waals surface area contributed by atoms with Crippen LogP contribution in [0.3, 0.4) is 0 Å². The van der Waals surface area contributed by atoms with E-state index in [0.717, 1.165) is 49.6 Å². The van der Waals surface area contributed by atoms with Crippen LogP contribution in [-0.2, 0) is 4.79 Å². The number of carbonyl (C=O) groups is 1. The minimum atomic E-state index is -0.262. The maximum Gasteiger partial charge on any atom is 0.241 e. The molecule has 1 aromatic heterocycles. The molecule has 4 rings (SSSR count). The van der Waals surface area contributed by atoms with Crippen LogP contribution in [0.4, 0.5) is 11.6 Å².